The van der Waals surface area contributed by atoms with E-state index in [9.17, 15) is 15.0 Å². The molecule has 1 heterocycles. The molecule has 31 heavy (non-hydrogen) atoms. The zero-order valence-electron chi connectivity index (χ0n) is 17.1. The summed E-state index contributed by atoms with van der Waals surface area (Å²) in [6.45, 7) is 0. The molecule has 1 aliphatic rings. The van der Waals surface area contributed by atoms with Gasteiger partial charge in [0.15, 0.2) is 17.3 Å². The molecule has 0 fully saturated rings. The third kappa shape index (κ3) is 4.03. The van der Waals surface area contributed by atoms with Crippen LogP contribution in [0.5, 0.6) is 11.5 Å². The van der Waals surface area contributed by atoms with E-state index in [1.165, 1.54) is 13.2 Å². The first-order chi connectivity index (χ1) is 15.1. The second kappa shape index (κ2) is 8.79. The second-order valence-corrected chi connectivity index (χ2v) is 7.24. The Morgan fingerprint density at radius 2 is 1.65 bits per heavy atom. The molecular weight excluding hydrogens is 390 g/mol. The SMILES string of the molecule is COc1cc(C2C(C/C=C/c3ccccc3)=C(O)C(=O)N2c2ccccc2)ccc1O. The molecule has 2 N–H and O–H groups in total. The molecule has 3 aromatic rings. The summed E-state index contributed by atoms with van der Waals surface area (Å²) in [6, 6.07) is 23.5. The molecule has 0 aliphatic carbocycles. The molecule has 0 spiro atoms. The number of amides is 1. The van der Waals surface area contributed by atoms with Gasteiger partial charge in [-0.2, -0.15) is 0 Å². The number of benzene rings is 3. The molecule has 4 rings (SSSR count). The molecule has 0 saturated carbocycles. The lowest BCUT2D eigenvalue weighted by Crippen LogP contribution is -2.30. The number of allylic oxidation sites excluding steroid dienone is 1. The number of hydrogen-bond donors (Lipinski definition) is 2. The van der Waals surface area contributed by atoms with Crippen molar-refractivity contribution in [3.8, 4) is 11.5 Å². The van der Waals surface area contributed by atoms with Crippen LogP contribution in [0.3, 0.4) is 0 Å². The summed E-state index contributed by atoms with van der Waals surface area (Å²) >= 11 is 0. The number of methoxy groups -OCH3 is 1. The summed E-state index contributed by atoms with van der Waals surface area (Å²) in [7, 11) is 1.48. The predicted molar refractivity (Wildman–Crippen MR) is 121 cm³/mol. The smallest absolute Gasteiger partial charge is 0.293 e. The molecule has 1 aliphatic heterocycles. The van der Waals surface area contributed by atoms with Crippen molar-refractivity contribution in [1.29, 1.82) is 0 Å². The van der Waals surface area contributed by atoms with E-state index in [1.807, 2.05) is 72.8 Å². The monoisotopic (exact) mass is 413 g/mol. The van der Waals surface area contributed by atoms with E-state index in [1.54, 1.807) is 17.0 Å². The van der Waals surface area contributed by atoms with Gasteiger partial charge in [0, 0.05) is 11.3 Å². The molecule has 0 radical (unpaired) electrons. The average Bonchev–Trinajstić information content (AvgIpc) is 3.06. The molecular formula is C26H23NO4. The third-order valence-corrected chi connectivity index (χ3v) is 5.32. The van der Waals surface area contributed by atoms with Gasteiger partial charge in [0.25, 0.3) is 5.91 Å². The van der Waals surface area contributed by atoms with Crippen molar-refractivity contribution in [1.82, 2.24) is 0 Å². The minimum absolute atomic E-state index is 0.0144. The molecule has 1 unspecified atom stereocenters. The Bertz CT molecular complexity index is 1140. The lowest BCUT2D eigenvalue weighted by atomic mass is 9.95. The standard InChI is InChI=1S/C26H23NO4/c1-31-23-17-19(15-16-22(23)28)24-21(14-8-11-18-9-4-2-5-10-18)25(29)26(30)27(24)20-12-6-3-7-13-20/h2-13,15-17,24,28-29H,14H2,1H3/b11-8+. The van der Waals surface area contributed by atoms with Gasteiger partial charge in [0.1, 0.15) is 0 Å². The van der Waals surface area contributed by atoms with Gasteiger partial charge in [0.05, 0.1) is 13.2 Å². The second-order valence-electron chi connectivity index (χ2n) is 7.24. The Labute approximate surface area is 181 Å². The summed E-state index contributed by atoms with van der Waals surface area (Å²) < 4.78 is 5.27. The van der Waals surface area contributed by atoms with Gasteiger partial charge in [-0.1, -0.05) is 66.7 Å². The first kappa shape index (κ1) is 20.3. The van der Waals surface area contributed by atoms with E-state index in [-0.39, 0.29) is 11.5 Å². The number of phenolic OH excluding ortho intramolecular Hbond substituents is 1. The average molecular weight is 413 g/mol. The van der Waals surface area contributed by atoms with Crippen LogP contribution in [0.4, 0.5) is 5.69 Å². The van der Waals surface area contributed by atoms with Gasteiger partial charge < -0.3 is 14.9 Å². The number of ether oxygens (including phenoxy) is 1. The number of phenols is 1. The van der Waals surface area contributed by atoms with E-state index in [2.05, 4.69) is 0 Å². The van der Waals surface area contributed by atoms with Crippen molar-refractivity contribution in [3.05, 3.63) is 107 Å². The number of nitrogens with zero attached hydrogens (tertiary/aromatic N) is 1. The number of carbonyl (C=O) groups excluding carboxylic acids is 1. The van der Waals surface area contributed by atoms with Gasteiger partial charge in [-0.25, -0.2) is 0 Å². The van der Waals surface area contributed by atoms with Crippen LogP contribution in [0.1, 0.15) is 23.6 Å². The van der Waals surface area contributed by atoms with Crippen LogP contribution in [0.15, 0.2) is 96.3 Å². The first-order valence-corrected chi connectivity index (χ1v) is 9.99. The molecule has 5 nitrogen and oxygen atoms in total. The zero-order chi connectivity index (χ0) is 21.8. The summed E-state index contributed by atoms with van der Waals surface area (Å²) in [5.74, 6) is -0.381. The topological polar surface area (TPSA) is 70.0 Å². The highest BCUT2D eigenvalue weighted by Gasteiger charge is 2.40. The highest BCUT2D eigenvalue weighted by molar-refractivity contribution is 6.08. The minimum atomic E-state index is -0.523. The first-order valence-electron chi connectivity index (χ1n) is 9.99. The third-order valence-electron chi connectivity index (χ3n) is 5.32. The minimum Gasteiger partial charge on any atom is -0.504 e. The maximum Gasteiger partial charge on any atom is 0.293 e. The van der Waals surface area contributed by atoms with Crippen LogP contribution in [-0.2, 0) is 4.79 Å². The Balaban J connectivity index is 1.75. The fraction of sp³-hybridized carbons (Fsp3) is 0.115. The van der Waals surface area contributed by atoms with Crippen LogP contribution in [0.2, 0.25) is 0 Å². The van der Waals surface area contributed by atoms with Crippen molar-refractivity contribution >= 4 is 17.7 Å². The molecule has 3 aromatic carbocycles. The number of carbonyl (C=O) groups is 1. The van der Waals surface area contributed by atoms with Crippen molar-refractivity contribution in [3.63, 3.8) is 0 Å². The van der Waals surface area contributed by atoms with Crippen LogP contribution >= 0.6 is 0 Å². The number of rotatable bonds is 6. The lowest BCUT2D eigenvalue weighted by Gasteiger charge is -2.27. The van der Waals surface area contributed by atoms with Crippen molar-refractivity contribution in [2.24, 2.45) is 0 Å². The van der Waals surface area contributed by atoms with Gasteiger partial charge >= 0.3 is 0 Å². The normalized spacial score (nSPS) is 16.4. The maximum atomic E-state index is 13.1. The van der Waals surface area contributed by atoms with Crippen LogP contribution in [0.25, 0.3) is 6.08 Å². The van der Waals surface area contributed by atoms with Gasteiger partial charge in [-0.3, -0.25) is 9.69 Å². The summed E-state index contributed by atoms with van der Waals surface area (Å²) in [4.78, 5) is 14.6. The molecule has 156 valence electrons. The zero-order valence-corrected chi connectivity index (χ0v) is 17.1. The fourth-order valence-corrected chi connectivity index (χ4v) is 3.82. The van der Waals surface area contributed by atoms with Crippen LogP contribution in [-0.4, -0.2) is 23.2 Å². The van der Waals surface area contributed by atoms with Crippen molar-refractivity contribution < 1.29 is 19.7 Å². The molecule has 1 amide bonds. The maximum absolute atomic E-state index is 13.1. The van der Waals surface area contributed by atoms with Crippen LogP contribution in [0, 0.1) is 0 Å². The number of para-hydroxylation sites is 1. The van der Waals surface area contributed by atoms with Gasteiger partial charge in [-0.15, -0.1) is 0 Å². The number of aliphatic hydroxyl groups excluding tert-OH is 1. The largest absolute Gasteiger partial charge is 0.504 e. The Kier molecular flexibility index (Phi) is 5.76. The number of aromatic hydroxyl groups is 1. The molecule has 5 heteroatoms. The van der Waals surface area contributed by atoms with Gasteiger partial charge in [0.2, 0.25) is 0 Å². The molecule has 0 aromatic heterocycles. The van der Waals surface area contributed by atoms with Crippen LogP contribution < -0.4 is 9.64 Å². The predicted octanol–water partition coefficient (Wildman–Crippen LogP) is 5.40. The Morgan fingerprint density at radius 3 is 2.32 bits per heavy atom. The Hall–Kier alpha value is -3.99. The lowest BCUT2D eigenvalue weighted by molar-refractivity contribution is -0.117. The highest BCUT2D eigenvalue weighted by Crippen LogP contribution is 2.43. The Morgan fingerprint density at radius 1 is 0.968 bits per heavy atom. The molecule has 0 saturated heterocycles. The van der Waals surface area contributed by atoms with Gasteiger partial charge in [-0.05, 0) is 41.8 Å². The van der Waals surface area contributed by atoms with Crippen molar-refractivity contribution in [2.45, 2.75) is 12.5 Å². The van der Waals surface area contributed by atoms with E-state index >= 15 is 0 Å². The molecule has 0 bridgehead atoms. The number of aliphatic hydroxyl groups is 1. The van der Waals surface area contributed by atoms with Crippen molar-refractivity contribution in [2.75, 3.05) is 12.0 Å². The number of anilines is 1. The highest BCUT2D eigenvalue weighted by atomic mass is 16.5. The van der Waals surface area contributed by atoms with E-state index in [4.69, 9.17) is 4.74 Å². The van der Waals surface area contributed by atoms with E-state index in [0.29, 0.717) is 23.4 Å². The van der Waals surface area contributed by atoms with E-state index in [0.717, 1.165) is 11.1 Å². The quantitative estimate of drug-likeness (QED) is 0.567. The summed E-state index contributed by atoms with van der Waals surface area (Å²) in [6.07, 6.45) is 4.29. The summed E-state index contributed by atoms with van der Waals surface area (Å²) in [5, 5.41) is 20.8. The molecule has 1 atom stereocenters. The van der Waals surface area contributed by atoms with E-state index < -0.39 is 11.9 Å². The summed E-state index contributed by atoms with van der Waals surface area (Å²) in [5.41, 5.74) is 3.04. The fourth-order valence-electron chi connectivity index (χ4n) is 3.82. The number of hydrogen-bond acceptors (Lipinski definition) is 4.